The van der Waals surface area contributed by atoms with E-state index in [1.54, 1.807) is 0 Å². The first kappa shape index (κ1) is 16.1. The van der Waals surface area contributed by atoms with E-state index >= 15 is 0 Å². The fourth-order valence-electron chi connectivity index (χ4n) is 3.28. The molecule has 116 valence electrons. The molecule has 1 saturated carbocycles. The summed E-state index contributed by atoms with van der Waals surface area (Å²) in [6.45, 7) is 6.25. The second kappa shape index (κ2) is 7.11. The Morgan fingerprint density at radius 1 is 1.14 bits per heavy atom. The van der Waals surface area contributed by atoms with Crippen LogP contribution in [-0.4, -0.2) is 11.6 Å². The lowest BCUT2D eigenvalue weighted by molar-refractivity contribution is -0.169. The van der Waals surface area contributed by atoms with Crippen molar-refractivity contribution in [1.29, 1.82) is 0 Å². The van der Waals surface area contributed by atoms with Crippen LogP contribution < -0.4 is 0 Å². The highest BCUT2D eigenvalue weighted by Crippen LogP contribution is 2.36. The number of carbonyl (C=O) groups is 1. The van der Waals surface area contributed by atoms with Crippen LogP contribution in [0.4, 0.5) is 0 Å². The maximum Gasteiger partial charge on any atom is 0.309 e. The standard InChI is InChI=1S/C19H28O2/c1-4-19(13-9-6-10-14-19)21-18(20)16(3)15(2)17-11-7-5-8-12-17/h5,7-8,11-12,15-16H,4,6,9-10,13-14H2,1-3H3. The van der Waals surface area contributed by atoms with E-state index in [1.807, 2.05) is 25.1 Å². The SMILES string of the molecule is CCC1(OC(=O)C(C)C(C)c2ccccc2)CCCCC1. The zero-order chi connectivity index (χ0) is 15.3. The lowest BCUT2D eigenvalue weighted by atomic mass is 9.82. The average Bonchev–Trinajstić information content (AvgIpc) is 2.55. The van der Waals surface area contributed by atoms with Crippen molar-refractivity contribution in [3.8, 4) is 0 Å². The van der Waals surface area contributed by atoms with Crippen molar-refractivity contribution in [3.05, 3.63) is 35.9 Å². The topological polar surface area (TPSA) is 26.3 Å². The molecule has 1 aliphatic carbocycles. The minimum Gasteiger partial charge on any atom is -0.459 e. The van der Waals surface area contributed by atoms with Crippen LogP contribution in [0.5, 0.6) is 0 Å². The second-order valence-electron chi connectivity index (χ2n) is 6.51. The largest absolute Gasteiger partial charge is 0.459 e. The Labute approximate surface area is 128 Å². The van der Waals surface area contributed by atoms with Crippen molar-refractivity contribution in [2.24, 2.45) is 5.92 Å². The van der Waals surface area contributed by atoms with Gasteiger partial charge in [-0.1, -0.05) is 57.5 Å². The normalized spacial score (nSPS) is 20.5. The number of benzene rings is 1. The predicted molar refractivity (Wildman–Crippen MR) is 86.2 cm³/mol. The summed E-state index contributed by atoms with van der Waals surface area (Å²) in [7, 11) is 0. The van der Waals surface area contributed by atoms with Crippen LogP contribution in [0, 0.1) is 5.92 Å². The molecule has 2 heteroatoms. The van der Waals surface area contributed by atoms with E-state index in [2.05, 4.69) is 26.0 Å². The van der Waals surface area contributed by atoms with Crippen LogP contribution in [0.1, 0.15) is 70.8 Å². The fraction of sp³-hybridized carbons (Fsp3) is 0.632. The van der Waals surface area contributed by atoms with Gasteiger partial charge in [-0.3, -0.25) is 4.79 Å². The van der Waals surface area contributed by atoms with Gasteiger partial charge < -0.3 is 4.74 Å². The monoisotopic (exact) mass is 288 g/mol. The summed E-state index contributed by atoms with van der Waals surface area (Å²) in [4.78, 5) is 12.6. The highest BCUT2D eigenvalue weighted by Gasteiger charge is 2.36. The summed E-state index contributed by atoms with van der Waals surface area (Å²) in [6.07, 6.45) is 6.64. The summed E-state index contributed by atoms with van der Waals surface area (Å²) >= 11 is 0. The first-order chi connectivity index (χ1) is 10.1. The van der Waals surface area contributed by atoms with E-state index < -0.39 is 0 Å². The Kier molecular flexibility index (Phi) is 5.44. The minimum absolute atomic E-state index is 0.0323. The van der Waals surface area contributed by atoms with Gasteiger partial charge in [0.15, 0.2) is 0 Å². The summed E-state index contributed by atoms with van der Waals surface area (Å²) in [6, 6.07) is 10.2. The number of carbonyl (C=O) groups excluding carboxylic acids is 1. The minimum atomic E-state index is -0.194. The molecule has 0 aromatic heterocycles. The van der Waals surface area contributed by atoms with E-state index in [4.69, 9.17) is 4.74 Å². The molecular formula is C19H28O2. The van der Waals surface area contributed by atoms with Gasteiger partial charge in [0.05, 0.1) is 5.92 Å². The first-order valence-corrected chi connectivity index (χ1v) is 8.36. The van der Waals surface area contributed by atoms with Crippen molar-refractivity contribution in [1.82, 2.24) is 0 Å². The third kappa shape index (κ3) is 3.87. The lowest BCUT2D eigenvalue weighted by Gasteiger charge is -2.37. The van der Waals surface area contributed by atoms with E-state index in [1.165, 1.54) is 24.8 Å². The quantitative estimate of drug-likeness (QED) is 0.706. The fourth-order valence-corrected chi connectivity index (χ4v) is 3.28. The molecule has 0 radical (unpaired) electrons. The molecule has 2 rings (SSSR count). The average molecular weight is 288 g/mol. The maximum absolute atomic E-state index is 12.6. The van der Waals surface area contributed by atoms with Crippen LogP contribution in [-0.2, 0) is 9.53 Å². The summed E-state index contributed by atoms with van der Waals surface area (Å²) in [5, 5.41) is 0. The van der Waals surface area contributed by atoms with Crippen LogP contribution in [0.25, 0.3) is 0 Å². The summed E-state index contributed by atoms with van der Waals surface area (Å²) in [5.41, 5.74) is 1.01. The number of ether oxygens (including phenoxy) is 1. The molecule has 0 bridgehead atoms. The van der Waals surface area contributed by atoms with Crippen LogP contribution in [0.15, 0.2) is 30.3 Å². The molecule has 21 heavy (non-hydrogen) atoms. The molecule has 1 aliphatic rings. The Balaban J connectivity index is 2.01. The highest BCUT2D eigenvalue weighted by molar-refractivity contribution is 5.73. The molecule has 0 heterocycles. The molecule has 1 fully saturated rings. The maximum atomic E-state index is 12.6. The van der Waals surface area contributed by atoms with Gasteiger partial charge in [0.2, 0.25) is 0 Å². The Morgan fingerprint density at radius 3 is 2.33 bits per heavy atom. The van der Waals surface area contributed by atoms with Gasteiger partial charge in [0, 0.05) is 0 Å². The Bertz CT molecular complexity index is 446. The van der Waals surface area contributed by atoms with Crippen molar-refractivity contribution in [3.63, 3.8) is 0 Å². The zero-order valence-corrected chi connectivity index (χ0v) is 13.6. The van der Waals surface area contributed by atoms with Gasteiger partial charge in [0.25, 0.3) is 0 Å². The summed E-state index contributed by atoms with van der Waals surface area (Å²) < 4.78 is 5.99. The summed E-state index contributed by atoms with van der Waals surface area (Å²) in [5.74, 6) is 0.0593. The van der Waals surface area contributed by atoms with Crippen molar-refractivity contribution >= 4 is 5.97 Å². The molecule has 1 aromatic carbocycles. The van der Waals surface area contributed by atoms with Gasteiger partial charge in [-0.2, -0.15) is 0 Å². The number of esters is 1. The molecule has 0 saturated heterocycles. The van der Waals surface area contributed by atoms with Crippen LogP contribution in [0.2, 0.25) is 0 Å². The molecule has 0 amide bonds. The van der Waals surface area contributed by atoms with Gasteiger partial charge in [0.1, 0.15) is 5.60 Å². The van der Waals surface area contributed by atoms with Crippen molar-refractivity contribution in [2.45, 2.75) is 70.8 Å². The van der Waals surface area contributed by atoms with E-state index in [-0.39, 0.29) is 23.4 Å². The smallest absolute Gasteiger partial charge is 0.309 e. The molecule has 2 atom stereocenters. The number of hydrogen-bond acceptors (Lipinski definition) is 2. The lowest BCUT2D eigenvalue weighted by Crippen LogP contribution is -2.38. The van der Waals surface area contributed by atoms with Gasteiger partial charge >= 0.3 is 5.97 Å². The highest BCUT2D eigenvalue weighted by atomic mass is 16.6. The van der Waals surface area contributed by atoms with Gasteiger partial charge in [-0.25, -0.2) is 0 Å². The first-order valence-electron chi connectivity index (χ1n) is 8.36. The van der Waals surface area contributed by atoms with Gasteiger partial charge in [-0.05, 0) is 43.6 Å². The Hall–Kier alpha value is -1.31. The Morgan fingerprint density at radius 2 is 1.76 bits per heavy atom. The van der Waals surface area contributed by atoms with Crippen molar-refractivity contribution < 1.29 is 9.53 Å². The molecule has 2 unspecified atom stereocenters. The number of rotatable bonds is 5. The van der Waals surface area contributed by atoms with E-state index in [0.29, 0.717) is 0 Å². The van der Waals surface area contributed by atoms with E-state index in [9.17, 15) is 4.79 Å². The molecule has 0 aliphatic heterocycles. The third-order valence-corrected chi connectivity index (χ3v) is 5.17. The van der Waals surface area contributed by atoms with Crippen molar-refractivity contribution in [2.75, 3.05) is 0 Å². The predicted octanol–water partition coefficient (Wildman–Crippen LogP) is 5.08. The number of hydrogen-bond donors (Lipinski definition) is 0. The van der Waals surface area contributed by atoms with Crippen LogP contribution >= 0.6 is 0 Å². The molecular weight excluding hydrogens is 260 g/mol. The molecule has 0 N–H and O–H groups in total. The molecule has 1 aromatic rings. The van der Waals surface area contributed by atoms with Crippen LogP contribution in [0.3, 0.4) is 0 Å². The molecule has 0 spiro atoms. The molecule has 2 nitrogen and oxygen atoms in total. The third-order valence-electron chi connectivity index (χ3n) is 5.17. The van der Waals surface area contributed by atoms with E-state index in [0.717, 1.165) is 19.3 Å². The zero-order valence-electron chi connectivity index (χ0n) is 13.6. The van der Waals surface area contributed by atoms with Gasteiger partial charge in [-0.15, -0.1) is 0 Å². The second-order valence-corrected chi connectivity index (χ2v) is 6.51.